The highest BCUT2D eigenvalue weighted by atomic mass is 32.2. The van der Waals surface area contributed by atoms with Crippen molar-refractivity contribution in [3.05, 3.63) is 29.8 Å². The fourth-order valence-corrected chi connectivity index (χ4v) is 1.58. The van der Waals surface area contributed by atoms with Crippen LogP contribution in [0.15, 0.2) is 23.1 Å². The second-order valence-electron chi connectivity index (χ2n) is 2.42. The summed E-state index contributed by atoms with van der Waals surface area (Å²) in [5.41, 5.74) is 0. The molecule has 3 heteroatoms. The van der Waals surface area contributed by atoms with Crippen LogP contribution in [0, 0.1) is 11.6 Å². The molecule has 0 atom stereocenters. The Morgan fingerprint density at radius 2 is 2.00 bits per heavy atom. The van der Waals surface area contributed by atoms with Gasteiger partial charge in [0.2, 0.25) is 0 Å². The van der Waals surface area contributed by atoms with Gasteiger partial charge in [-0.1, -0.05) is 6.92 Å². The SMILES string of the molecule is CCCSc1ccc(F)c(F)c1. The molecule has 1 aromatic rings. The Labute approximate surface area is 75.0 Å². The van der Waals surface area contributed by atoms with Crippen molar-refractivity contribution < 1.29 is 8.78 Å². The first-order valence-electron chi connectivity index (χ1n) is 3.82. The van der Waals surface area contributed by atoms with Gasteiger partial charge in [-0.2, -0.15) is 0 Å². The van der Waals surface area contributed by atoms with E-state index in [1.54, 1.807) is 6.07 Å². The summed E-state index contributed by atoms with van der Waals surface area (Å²) in [6.07, 6.45) is 1.03. The zero-order chi connectivity index (χ0) is 8.97. The minimum absolute atomic E-state index is 0.767. The average Bonchev–Trinajstić information content (AvgIpc) is 2.07. The van der Waals surface area contributed by atoms with Crippen LogP contribution in [0.2, 0.25) is 0 Å². The van der Waals surface area contributed by atoms with Crippen molar-refractivity contribution in [1.82, 2.24) is 0 Å². The summed E-state index contributed by atoms with van der Waals surface area (Å²) in [5.74, 6) is -0.614. The van der Waals surface area contributed by atoms with Gasteiger partial charge in [0, 0.05) is 4.90 Å². The van der Waals surface area contributed by atoms with Gasteiger partial charge < -0.3 is 0 Å². The van der Waals surface area contributed by atoms with Gasteiger partial charge in [0.1, 0.15) is 0 Å². The second-order valence-corrected chi connectivity index (χ2v) is 3.59. The summed E-state index contributed by atoms with van der Waals surface area (Å²) in [6.45, 7) is 2.05. The third-order valence-electron chi connectivity index (χ3n) is 1.36. The highest BCUT2D eigenvalue weighted by Gasteiger charge is 2.01. The Balaban J connectivity index is 2.69. The molecule has 0 unspecified atom stereocenters. The van der Waals surface area contributed by atoms with Crippen LogP contribution in [0.3, 0.4) is 0 Å². The predicted octanol–water partition coefficient (Wildman–Crippen LogP) is 3.47. The zero-order valence-corrected chi connectivity index (χ0v) is 7.63. The molecule has 1 rings (SSSR count). The van der Waals surface area contributed by atoms with Crippen LogP contribution in [-0.2, 0) is 0 Å². The third-order valence-corrected chi connectivity index (χ3v) is 2.56. The van der Waals surface area contributed by atoms with Crippen LogP contribution in [0.4, 0.5) is 8.78 Å². The molecule has 0 aliphatic rings. The lowest BCUT2D eigenvalue weighted by Crippen LogP contribution is -1.84. The first-order valence-corrected chi connectivity index (χ1v) is 4.80. The Morgan fingerprint density at radius 1 is 1.25 bits per heavy atom. The first kappa shape index (κ1) is 9.52. The van der Waals surface area contributed by atoms with Gasteiger partial charge >= 0.3 is 0 Å². The fourth-order valence-electron chi connectivity index (χ4n) is 0.787. The topological polar surface area (TPSA) is 0 Å². The lowest BCUT2D eigenvalue weighted by Gasteiger charge is -1.99. The van der Waals surface area contributed by atoms with Crippen molar-refractivity contribution in [2.75, 3.05) is 5.75 Å². The van der Waals surface area contributed by atoms with E-state index in [4.69, 9.17) is 0 Å². The standard InChI is InChI=1S/C9H10F2S/c1-2-5-12-7-3-4-8(10)9(11)6-7/h3-4,6H,2,5H2,1H3. The number of halogens is 2. The first-order chi connectivity index (χ1) is 5.74. The van der Waals surface area contributed by atoms with Crippen LogP contribution >= 0.6 is 11.8 Å². The van der Waals surface area contributed by atoms with Gasteiger partial charge in [-0.25, -0.2) is 8.78 Å². The molecule has 0 saturated carbocycles. The van der Waals surface area contributed by atoms with Crippen molar-refractivity contribution in [3.63, 3.8) is 0 Å². The highest BCUT2D eigenvalue weighted by molar-refractivity contribution is 7.99. The molecule has 0 amide bonds. The molecule has 0 radical (unpaired) electrons. The summed E-state index contributed by atoms with van der Waals surface area (Å²) in [6, 6.07) is 3.99. The summed E-state index contributed by atoms with van der Waals surface area (Å²) in [5, 5.41) is 0. The van der Waals surface area contributed by atoms with E-state index in [-0.39, 0.29) is 0 Å². The van der Waals surface area contributed by atoms with Gasteiger partial charge in [0.25, 0.3) is 0 Å². The summed E-state index contributed by atoms with van der Waals surface area (Å²) < 4.78 is 25.1. The maximum absolute atomic E-state index is 12.6. The summed E-state index contributed by atoms with van der Waals surface area (Å²) in [7, 11) is 0. The van der Waals surface area contributed by atoms with Crippen molar-refractivity contribution >= 4 is 11.8 Å². The molecular weight excluding hydrogens is 178 g/mol. The molecule has 0 fully saturated rings. The Bertz CT molecular complexity index is 261. The monoisotopic (exact) mass is 188 g/mol. The normalized spacial score (nSPS) is 10.2. The van der Waals surface area contributed by atoms with Crippen molar-refractivity contribution in [2.45, 2.75) is 18.2 Å². The van der Waals surface area contributed by atoms with E-state index < -0.39 is 11.6 Å². The van der Waals surface area contributed by atoms with Crippen LogP contribution in [0.5, 0.6) is 0 Å². The Kier molecular flexibility index (Phi) is 3.53. The molecule has 0 nitrogen and oxygen atoms in total. The number of hydrogen-bond donors (Lipinski definition) is 0. The van der Waals surface area contributed by atoms with Gasteiger partial charge in [0.05, 0.1) is 0 Å². The lowest BCUT2D eigenvalue weighted by molar-refractivity contribution is 0.506. The fraction of sp³-hybridized carbons (Fsp3) is 0.333. The second kappa shape index (κ2) is 4.45. The van der Waals surface area contributed by atoms with Gasteiger partial charge in [-0.05, 0) is 30.4 Å². The van der Waals surface area contributed by atoms with Crippen LogP contribution in [-0.4, -0.2) is 5.75 Å². The number of benzene rings is 1. The van der Waals surface area contributed by atoms with Crippen molar-refractivity contribution in [1.29, 1.82) is 0 Å². The lowest BCUT2D eigenvalue weighted by atomic mass is 10.3. The maximum Gasteiger partial charge on any atom is 0.159 e. The largest absolute Gasteiger partial charge is 0.204 e. The van der Waals surface area contributed by atoms with Crippen LogP contribution in [0.25, 0.3) is 0 Å². The minimum atomic E-state index is -0.782. The van der Waals surface area contributed by atoms with E-state index in [9.17, 15) is 8.78 Å². The van der Waals surface area contributed by atoms with E-state index in [2.05, 4.69) is 0 Å². The third kappa shape index (κ3) is 2.48. The average molecular weight is 188 g/mol. The predicted molar refractivity (Wildman–Crippen MR) is 47.4 cm³/mol. The summed E-state index contributed by atoms with van der Waals surface area (Å²) >= 11 is 1.54. The molecular formula is C9H10F2S. The molecule has 0 heterocycles. The molecule has 0 aromatic heterocycles. The molecule has 0 bridgehead atoms. The number of thioether (sulfide) groups is 1. The number of rotatable bonds is 3. The van der Waals surface area contributed by atoms with Gasteiger partial charge in [0.15, 0.2) is 11.6 Å². The molecule has 0 aliphatic carbocycles. The van der Waals surface area contributed by atoms with Crippen molar-refractivity contribution in [3.8, 4) is 0 Å². The van der Waals surface area contributed by atoms with Gasteiger partial charge in [-0.15, -0.1) is 11.8 Å². The molecule has 0 saturated heterocycles. The molecule has 0 N–H and O–H groups in total. The molecule has 12 heavy (non-hydrogen) atoms. The molecule has 0 spiro atoms. The highest BCUT2D eigenvalue weighted by Crippen LogP contribution is 2.20. The zero-order valence-electron chi connectivity index (χ0n) is 6.81. The molecule has 1 aromatic carbocycles. The maximum atomic E-state index is 12.6. The van der Waals surface area contributed by atoms with E-state index in [0.717, 1.165) is 23.1 Å². The van der Waals surface area contributed by atoms with Crippen molar-refractivity contribution in [2.24, 2.45) is 0 Å². The van der Waals surface area contributed by atoms with Crippen LogP contribution in [0.1, 0.15) is 13.3 Å². The van der Waals surface area contributed by atoms with E-state index in [1.165, 1.54) is 17.8 Å². The van der Waals surface area contributed by atoms with E-state index in [0.29, 0.717) is 0 Å². The van der Waals surface area contributed by atoms with E-state index >= 15 is 0 Å². The van der Waals surface area contributed by atoms with E-state index in [1.807, 2.05) is 6.92 Å². The Morgan fingerprint density at radius 3 is 2.58 bits per heavy atom. The molecule has 0 aliphatic heterocycles. The smallest absolute Gasteiger partial charge is 0.159 e. The Hall–Kier alpha value is -0.570. The number of hydrogen-bond acceptors (Lipinski definition) is 1. The minimum Gasteiger partial charge on any atom is -0.204 e. The summed E-state index contributed by atoms with van der Waals surface area (Å²) in [4.78, 5) is 0.788. The quantitative estimate of drug-likeness (QED) is 0.654. The van der Waals surface area contributed by atoms with Gasteiger partial charge in [-0.3, -0.25) is 0 Å². The molecule has 66 valence electrons. The van der Waals surface area contributed by atoms with Crippen LogP contribution < -0.4 is 0 Å².